The molecule has 0 aliphatic carbocycles. The molecular weight excluding hydrogens is 218 g/mol. The molecule has 1 aliphatic heterocycles. The minimum Gasteiger partial charge on any atom is -0.386 e. The molecule has 2 N–H and O–H groups in total. The summed E-state index contributed by atoms with van der Waals surface area (Å²) >= 11 is 7.29. The lowest BCUT2D eigenvalue weighted by Gasteiger charge is -1.94. The number of halogens is 1. The van der Waals surface area contributed by atoms with Crippen molar-refractivity contribution in [2.75, 3.05) is 5.75 Å². The first-order valence-corrected chi connectivity index (χ1v) is 5.40. The third-order valence-electron chi connectivity index (χ3n) is 1.64. The van der Waals surface area contributed by atoms with Crippen LogP contribution in [0, 0.1) is 0 Å². The summed E-state index contributed by atoms with van der Waals surface area (Å²) in [6.45, 7) is 0. The predicted octanol–water partition coefficient (Wildman–Crippen LogP) is 2.43. The lowest BCUT2D eigenvalue weighted by Crippen LogP contribution is -2.09. The van der Waals surface area contributed by atoms with Gasteiger partial charge in [0.15, 0.2) is 5.17 Å². The predicted molar refractivity (Wildman–Crippen MR) is 62.6 cm³/mol. The molecule has 0 atom stereocenters. The van der Waals surface area contributed by atoms with E-state index in [0.717, 1.165) is 11.4 Å². The van der Waals surface area contributed by atoms with Crippen molar-refractivity contribution in [2.24, 2.45) is 15.7 Å². The maximum absolute atomic E-state index is 5.75. The smallest absolute Gasteiger partial charge is 0.190 e. The summed E-state index contributed by atoms with van der Waals surface area (Å²) < 4.78 is 0. The minimum absolute atomic E-state index is 0.628. The molecule has 2 rings (SSSR count). The topological polar surface area (TPSA) is 50.7 Å². The monoisotopic (exact) mass is 225 g/mol. The van der Waals surface area contributed by atoms with Gasteiger partial charge in [-0.15, -0.1) is 0 Å². The van der Waals surface area contributed by atoms with Gasteiger partial charge in [0, 0.05) is 5.02 Å². The molecule has 14 heavy (non-hydrogen) atoms. The Labute approximate surface area is 91.1 Å². The third kappa shape index (κ3) is 2.27. The Hall–Kier alpha value is -1.000. The number of aliphatic imine (C=N–C) groups is 2. The molecule has 1 aliphatic rings. The fraction of sp³-hybridized carbons (Fsp3) is 0.111. The first-order chi connectivity index (χ1) is 6.74. The quantitative estimate of drug-likeness (QED) is 0.798. The number of thioether (sulfide) groups is 1. The SMILES string of the molecule is NC1=NC(=Nc2ccc(Cl)cc2)SC1. The standard InChI is InChI=1S/C9H8ClN3S/c10-6-1-3-7(4-2-6)12-9-13-8(11)5-14-9/h1-4H,5H2,(H2,11,12,13). The number of nitrogens with two attached hydrogens (primary N) is 1. The zero-order valence-corrected chi connectivity index (χ0v) is 8.85. The van der Waals surface area contributed by atoms with Crippen LogP contribution in [0.2, 0.25) is 5.02 Å². The van der Waals surface area contributed by atoms with E-state index in [9.17, 15) is 0 Å². The van der Waals surface area contributed by atoms with E-state index in [1.165, 1.54) is 11.8 Å². The van der Waals surface area contributed by atoms with E-state index in [1.807, 2.05) is 12.1 Å². The molecule has 0 bridgehead atoms. The normalized spacial score (nSPS) is 18.6. The summed E-state index contributed by atoms with van der Waals surface area (Å²) in [6, 6.07) is 7.29. The Morgan fingerprint density at radius 1 is 1.36 bits per heavy atom. The maximum Gasteiger partial charge on any atom is 0.190 e. The third-order valence-corrected chi connectivity index (χ3v) is 2.77. The van der Waals surface area contributed by atoms with Gasteiger partial charge in [0.25, 0.3) is 0 Å². The molecule has 3 nitrogen and oxygen atoms in total. The van der Waals surface area contributed by atoms with E-state index in [4.69, 9.17) is 17.3 Å². The van der Waals surface area contributed by atoms with Crippen molar-refractivity contribution in [3.8, 4) is 0 Å². The van der Waals surface area contributed by atoms with E-state index < -0.39 is 0 Å². The fourth-order valence-corrected chi connectivity index (χ4v) is 1.83. The molecule has 0 radical (unpaired) electrons. The first kappa shape index (κ1) is 9.55. The van der Waals surface area contributed by atoms with E-state index in [-0.39, 0.29) is 0 Å². The Bertz CT molecular complexity index is 397. The van der Waals surface area contributed by atoms with Crippen molar-refractivity contribution in [1.82, 2.24) is 0 Å². The molecule has 72 valence electrons. The van der Waals surface area contributed by atoms with Crippen LogP contribution in [-0.4, -0.2) is 16.8 Å². The van der Waals surface area contributed by atoms with Gasteiger partial charge in [-0.25, -0.2) is 9.98 Å². The van der Waals surface area contributed by atoms with Crippen molar-refractivity contribution < 1.29 is 0 Å². The second-order valence-electron chi connectivity index (χ2n) is 2.76. The zero-order valence-electron chi connectivity index (χ0n) is 7.27. The van der Waals surface area contributed by atoms with Gasteiger partial charge in [-0.2, -0.15) is 0 Å². The largest absolute Gasteiger partial charge is 0.386 e. The van der Waals surface area contributed by atoms with E-state index in [2.05, 4.69) is 9.98 Å². The molecule has 1 heterocycles. The van der Waals surface area contributed by atoms with Crippen LogP contribution >= 0.6 is 23.4 Å². The lowest BCUT2D eigenvalue weighted by atomic mass is 10.3. The molecule has 1 aromatic carbocycles. The summed E-state index contributed by atoms with van der Waals surface area (Å²) in [4.78, 5) is 8.38. The Kier molecular flexibility index (Phi) is 2.74. The van der Waals surface area contributed by atoms with Crippen molar-refractivity contribution in [1.29, 1.82) is 0 Å². The minimum atomic E-state index is 0.628. The van der Waals surface area contributed by atoms with Gasteiger partial charge in [0.1, 0.15) is 5.84 Å². The number of hydrogen-bond donors (Lipinski definition) is 1. The maximum atomic E-state index is 5.75. The second kappa shape index (κ2) is 4.02. The molecule has 0 unspecified atom stereocenters. The van der Waals surface area contributed by atoms with Gasteiger partial charge in [-0.1, -0.05) is 23.4 Å². The summed E-state index contributed by atoms with van der Waals surface area (Å²) in [6.07, 6.45) is 0. The number of rotatable bonds is 1. The van der Waals surface area contributed by atoms with Gasteiger partial charge in [-0.3, -0.25) is 0 Å². The van der Waals surface area contributed by atoms with Crippen molar-refractivity contribution in [3.63, 3.8) is 0 Å². The number of hydrogen-bond acceptors (Lipinski definition) is 3. The second-order valence-corrected chi connectivity index (χ2v) is 4.14. The average molecular weight is 226 g/mol. The van der Waals surface area contributed by atoms with Crippen LogP contribution in [0.25, 0.3) is 0 Å². The molecule has 5 heteroatoms. The highest BCUT2D eigenvalue weighted by Crippen LogP contribution is 2.21. The molecule has 1 aromatic rings. The van der Waals surface area contributed by atoms with Crippen molar-refractivity contribution in [2.45, 2.75) is 0 Å². The highest BCUT2D eigenvalue weighted by Gasteiger charge is 2.09. The molecule has 0 saturated heterocycles. The van der Waals surface area contributed by atoms with Crippen LogP contribution in [0.1, 0.15) is 0 Å². The molecule has 0 spiro atoms. The number of benzene rings is 1. The van der Waals surface area contributed by atoms with Crippen LogP contribution in [-0.2, 0) is 0 Å². The molecule has 0 saturated carbocycles. The van der Waals surface area contributed by atoms with Gasteiger partial charge < -0.3 is 5.73 Å². The lowest BCUT2D eigenvalue weighted by molar-refractivity contribution is 1.49. The van der Waals surface area contributed by atoms with Crippen molar-refractivity contribution >= 4 is 40.1 Å². The zero-order chi connectivity index (χ0) is 9.97. The van der Waals surface area contributed by atoms with E-state index >= 15 is 0 Å². The number of amidine groups is 2. The van der Waals surface area contributed by atoms with Gasteiger partial charge in [0.2, 0.25) is 0 Å². The van der Waals surface area contributed by atoms with E-state index in [0.29, 0.717) is 16.0 Å². The Balaban J connectivity index is 2.22. The molecular formula is C9H8ClN3S. The summed E-state index contributed by atoms with van der Waals surface area (Å²) in [5, 5.41) is 1.42. The Morgan fingerprint density at radius 3 is 2.64 bits per heavy atom. The first-order valence-electron chi connectivity index (χ1n) is 4.04. The molecule has 0 aromatic heterocycles. The molecule has 0 amide bonds. The highest BCUT2D eigenvalue weighted by molar-refractivity contribution is 8.14. The fourth-order valence-electron chi connectivity index (χ4n) is 1.01. The molecule has 0 fully saturated rings. The number of nitrogens with zero attached hydrogens (tertiary/aromatic N) is 2. The van der Waals surface area contributed by atoms with Crippen LogP contribution in [0.5, 0.6) is 0 Å². The van der Waals surface area contributed by atoms with Crippen LogP contribution in [0.15, 0.2) is 34.3 Å². The van der Waals surface area contributed by atoms with Crippen LogP contribution in [0.4, 0.5) is 5.69 Å². The highest BCUT2D eigenvalue weighted by atomic mass is 35.5. The van der Waals surface area contributed by atoms with Gasteiger partial charge in [0.05, 0.1) is 11.4 Å². The van der Waals surface area contributed by atoms with Gasteiger partial charge >= 0.3 is 0 Å². The Morgan fingerprint density at radius 2 is 2.07 bits per heavy atom. The average Bonchev–Trinajstić information content (AvgIpc) is 2.56. The van der Waals surface area contributed by atoms with Gasteiger partial charge in [-0.05, 0) is 24.3 Å². The van der Waals surface area contributed by atoms with Crippen LogP contribution < -0.4 is 5.73 Å². The summed E-state index contributed by atoms with van der Waals surface area (Å²) in [5.41, 5.74) is 6.37. The van der Waals surface area contributed by atoms with Crippen LogP contribution in [0.3, 0.4) is 0 Å². The van der Waals surface area contributed by atoms with Crippen molar-refractivity contribution in [3.05, 3.63) is 29.3 Å². The summed E-state index contributed by atoms with van der Waals surface area (Å²) in [5.74, 6) is 1.36. The van der Waals surface area contributed by atoms with E-state index in [1.54, 1.807) is 12.1 Å². The summed E-state index contributed by atoms with van der Waals surface area (Å²) in [7, 11) is 0.